The van der Waals surface area contributed by atoms with E-state index in [9.17, 15) is 4.79 Å². The minimum atomic E-state index is -0.924. The Kier molecular flexibility index (Phi) is 2.96. The Bertz CT molecular complexity index is 281. The Labute approximate surface area is 89.7 Å². The normalized spacial score (nSPS) is 21.2. The van der Waals surface area contributed by atoms with Gasteiger partial charge in [0.05, 0.1) is 4.08 Å². The van der Waals surface area contributed by atoms with Crippen LogP contribution in [0.1, 0.15) is 6.42 Å². The van der Waals surface area contributed by atoms with Crippen molar-refractivity contribution in [2.45, 2.75) is 10.5 Å². The van der Waals surface area contributed by atoms with E-state index in [1.807, 2.05) is 0 Å². The SMILES string of the molecule is O=C(O)C1=CC(Br)=CC(S)(S)C1. The van der Waals surface area contributed by atoms with Gasteiger partial charge in [-0.3, -0.25) is 0 Å². The molecule has 1 aliphatic rings. The number of allylic oxidation sites excluding steroid dienone is 2. The maximum absolute atomic E-state index is 10.6. The molecule has 66 valence electrons. The lowest BCUT2D eigenvalue weighted by molar-refractivity contribution is -0.132. The fraction of sp³-hybridized carbons (Fsp3) is 0.286. The summed E-state index contributed by atoms with van der Waals surface area (Å²) in [5, 5.41) is 8.70. The average Bonchev–Trinajstić information content (AvgIpc) is 1.82. The molecule has 0 fully saturated rings. The van der Waals surface area contributed by atoms with Crippen molar-refractivity contribution in [2.24, 2.45) is 0 Å². The predicted octanol–water partition coefficient (Wildman–Crippen LogP) is 2.24. The first-order valence-electron chi connectivity index (χ1n) is 3.18. The quantitative estimate of drug-likeness (QED) is 0.503. The number of thiol groups is 2. The second kappa shape index (κ2) is 3.47. The summed E-state index contributed by atoms with van der Waals surface area (Å²) in [6, 6.07) is 0. The van der Waals surface area contributed by atoms with Crippen LogP contribution in [0.4, 0.5) is 0 Å². The monoisotopic (exact) mass is 266 g/mol. The summed E-state index contributed by atoms with van der Waals surface area (Å²) in [7, 11) is 0. The van der Waals surface area contributed by atoms with Crippen LogP contribution in [-0.2, 0) is 4.79 Å². The van der Waals surface area contributed by atoms with Gasteiger partial charge in [-0.05, 0) is 12.2 Å². The van der Waals surface area contributed by atoms with Crippen LogP contribution in [0.3, 0.4) is 0 Å². The van der Waals surface area contributed by atoms with Crippen molar-refractivity contribution in [3.05, 3.63) is 22.2 Å². The highest BCUT2D eigenvalue weighted by molar-refractivity contribution is 9.11. The number of carbonyl (C=O) groups is 1. The van der Waals surface area contributed by atoms with E-state index in [1.165, 1.54) is 0 Å². The van der Waals surface area contributed by atoms with Crippen molar-refractivity contribution in [3.63, 3.8) is 0 Å². The third-order valence-corrected chi connectivity index (χ3v) is 2.44. The summed E-state index contributed by atoms with van der Waals surface area (Å²) in [6.45, 7) is 0. The zero-order chi connectivity index (χ0) is 9.35. The van der Waals surface area contributed by atoms with Gasteiger partial charge in [-0.1, -0.05) is 15.9 Å². The Balaban J connectivity index is 2.96. The van der Waals surface area contributed by atoms with Gasteiger partial charge in [0.15, 0.2) is 0 Å². The first-order valence-corrected chi connectivity index (χ1v) is 4.86. The molecule has 12 heavy (non-hydrogen) atoms. The number of aliphatic carboxylic acids is 1. The maximum atomic E-state index is 10.6. The second-order valence-corrected chi connectivity index (χ2v) is 5.42. The summed E-state index contributed by atoms with van der Waals surface area (Å²) in [5.41, 5.74) is 0.314. The van der Waals surface area contributed by atoms with Gasteiger partial charge in [0.2, 0.25) is 0 Å². The average molecular weight is 267 g/mol. The van der Waals surface area contributed by atoms with Crippen LogP contribution in [0.25, 0.3) is 0 Å². The van der Waals surface area contributed by atoms with Gasteiger partial charge >= 0.3 is 5.97 Å². The highest BCUT2D eigenvalue weighted by atomic mass is 79.9. The molecule has 1 rings (SSSR count). The van der Waals surface area contributed by atoms with E-state index in [0.717, 1.165) is 0 Å². The molecule has 0 aromatic heterocycles. The molecule has 2 nitrogen and oxygen atoms in total. The van der Waals surface area contributed by atoms with Gasteiger partial charge in [-0.15, -0.1) is 0 Å². The lowest BCUT2D eigenvalue weighted by Gasteiger charge is -2.22. The number of carboxylic acids is 1. The third kappa shape index (κ3) is 2.57. The topological polar surface area (TPSA) is 37.3 Å². The molecule has 0 aliphatic heterocycles. The number of carboxylic acid groups (broad SMARTS) is 1. The number of hydrogen-bond donors (Lipinski definition) is 3. The molecule has 0 spiro atoms. The molecule has 0 heterocycles. The zero-order valence-electron chi connectivity index (χ0n) is 5.99. The van der Waals surface area contributed by atoms with E-state index in [2.05, 4.69) is 41.2 Å². The summed E-state index contributed by atoms with van der Waals surface area (Å²) in [5.74, 6) is -0.924. The number of halogens is 1. The maximum Gasteiger partial charge on any atom is 0.331 e. The van der Waals surface area contributed by atoms with Crippen molar-refractivity contribution in [2.75, 3.05) is 0 Å². The van der Waals surface area contributed by atoms with Gasteiger partial charge in [0.1, 0.15) is 0 Å². The molecule has 1 N–H and O–H groups in total. The highest BCUT2D eigenvalue weighted by Crippen LogP contribution is 2.36. The first-order chi connectivity index (χ1) is 5.41. The fourth-order valence-corrected chi connectivity index (χ4v) is 2.59. The molecule has 5 heteroatoms. The fourth-order valence-electron chi connectivity index (χ4n) is 0.949. The van der Waals surface area contributed by atoms with Crippen molar-refractivity contribution in [1.82, 2.24) is 0 Å². The van der Waals surface area contributed by atoms with Crippen LogP contribution >= 0.6 is 41.2 Å². The molecule has 1 aliphatic carbocycles. The van der Waals surface area contributed by atoms with Gasteiger partial charge in [-0.25, -0.2) is 4.79 Å². The largest absolute Gasteiger partial charge is 0.478 e. The Morgan fingerprint density at radius 1 is 1.67 bits per heavy atom. The minimum absolute atomic E-state index is 0.314. The van der Waals surface area contributed by atoms with E-state index < -0.39 is 10.0 Å². The van der Waals surface area contributed by atoms with Crippen molar-refractivity contribution in [1.29, 1.82) is 0 Å². The van der Waals surface area contributed by atoms with Crippen LogP contribution in [-0.4, -0.2) is 15.2 Å². The summed E-state index contributed by atoms with van der Waals surface area (Å²) in [4.78, 5) is 10.6. The van der Waals surface area contributed by atoms with E-state index >= 15 is 0 Å². The number of rotatable bonds is 1. The van der Waals surface area contributed by atoms with E-state index in [-0.39, 0.29) is 0 Å². The van der Waals surface area contributed by atoms with Crippen LogP contribution in [0.2, 0.25) is 0 Å². The highest BCUT2D eigenvalue weighted by Gasteiger charge is 2.26. The molecule has 0 saturated carbocycles. The zero-order valence-corrected chi connectivity index (χ0v) is 9.36. The second-order valence-electron chi connectivity index (χ2n) is 2.56. The molecular weight excluding hydrogens is 260 g/mol. The Morgan fingerprint density at radius 3 is 2.67 bits per heavy atom. The van der Waals surface area contributed by atoms with E-state index in [0.29, 0.717) is 16.5 Å². The van der Waals surface area contributed by atoms with Crippen molar-refractivity contribution < 1.29 is 9.90 Å². The summed E-state index contributed by atoms with van der Waals surface area (Å²) in [6.07, 6.45) is 3.64. The van der Waals surface area contributed by atoms with Gasteiger partial charge < -0.3 is 5.11 Å². The first kappa shape index (κ1) is 10.2. The molecule has 0 amide bonds. The smallest absolute Gasteiger partial charge is 0.331 e. The standard InChI is InChI=1S/C7H7BrO2S2/c8-5-1-4(6(9)10)2-7(11,12)3-5/h1,3,11-12H,2H2,(H,9,10). The Morgan fingerprint density at radius 2 is 2.25 bits per heavy atom. The van der Waals surface area contributed by atoms with Gasteiger partial charge in [-0.2, -0.15) is 25.3 Å². The lowest BCUT2D eigenvalue weighted by atomic mass is 10.0. The molecule has 0 aromatic carbocycles. The van der Waals surface area contributed by atoms with Crippen molar-refractivity contribution in [3.8, 4) is 0 Å². The van der Waals surface area contributed by atoms with Crippen LogP contribution in [0.15, 0.2) is 22.2 Å². The Hall–Kier alpha value is 0.130. The minimum Gasteiger partial charge on any atom is -0.478 e. The van der Waals surface area contributed by atoms with E-state index in [4.69, 9.17) is 5.11 Å². The van der Waals surface area contributed by atoms with E-state index in [1.54, 1.807) is 12.2 Å². The molecule has 0 saturated heterocycles. The lowest BCUT2D eigenvalue weighted by Crippen LogP contribution is -2.18. The molecule has 0 radical (unpaired) electrons. The van der Waals surface area contributed by atoms with Gasteiger partial charge in [0, 0.05) is 16.5 Å². The summed E-state index contributed by atoms with van der Waals surface area (Å²) >= 11 is 11.6. The van der Waals surface area contributed by atoms with Crippen LogP contribution < -0.4 is 0 Å². The molecule has 0 atom stereocenters. The molecule has 0 aromatic rings. The van der Waals surface area contributed by atoms with Crippen LogP contribution in [0.5, 0.6) is 0 Å². The van der Waals surface area contributed by atoms with Crippen molar-refractivity contribution >= 4 is 47.2 Å². The van der Waals surface area contributed by atoms with Gasteiger partial charge in [0.25, 0.3) is 0 Å². The molecular formula is C7H7BrO2S2. The molecule has 0 bridgehead atoms. The predicted molar refractivity (Wildman–Crippen MR) is 58.0 cm³/mol. The third-order valence-electron chi connectivity index (χ3n) is 1.41. The number of hydrogen-bond acceptors (Lipinski definition) is 3. The molecule has 0 unspecified atom stereocenters. The van der Waals surface area contributed by atoms with Crippen LogP contribution in [0, 0.1) is 0 Å². The summed E-state index contributed by atoms with van der Waals surface area (Å²) < 4.78 is 0.0394.